The molecule has 3 atom stereocenters. The van der Waals surface area contributed by atoms with Gasteiger partial charge in [-0.1, -0.05) is 0 Å². The molecule has 11 heavy (non-hydrogen) atoms. The fraction of sp³-hybridized carbons (Fsp3) is 0.833. The van der Waals surface area contributed by atoms with Crippen LogP contribution in [-0.2, 0) is 15.6 Å². The number of carboxylic acid groups (broad SMARTS) is 1. The van der Waals surface area contributed by atoms with Crippen molar-refractivity contribution in [1.29, 1.82) is 0 Å². The first-order valence-corrected chi connectivity index (χ1v) is 4.92. The molecule has 0 aliphatic carbocycles. The van der Waals surface area contributed by atoms with Gasteiger partial charge in [0.2, 0.25) is 0 Å². The minimum atomic E-state index is -0.964. The summed E-state index contributed by atoms with van der Waals surface area (Å²) in [7, 11) is -0.964. The summed E-state index contributed by atoms with van der Waals surface area (Å²) in [6, 6.07) is -0.578. The van der Waals surface area contributed by atoms with Gasteiger partial charge in [0.05, 0.1) is 0 Å². The molecule has 1 aliphatic rings. The molecule has 0 aromatic heterocycles. The van der Waals surface area contributed by atoms with Crippen LogP contribution in [0.25, 0.3) is 0 Å². The smallest absolute Gasteiger partial charge is 0.321 e. The maximum absolute atomic E-state index is 11.0. The summed E-state index contributed by atoms with van der Waals surface area (Å²) in [5, 5.41) is 11.4. The summed E-state index contributed by atoms with van der Waals surface area (Å²) in [5.41, 5.74) is 0. The quantitative estimate of drug-likeness (QED) is 0.549. The second-order valence-corrected chi connectivity index (χ2v) is 4.28. The van der Waals surface area contributed by atoms with Crippen molar-refractivity contribution in [2.45, 2.75) is 19.0 Å². The normalized spacial score (nSPS) is 38.5. The molecular weight excluding hydrogens is 166 g/mol. The highest BCUT2D eigenvalue weighted by atomic mass is 32.2. The van der Waals surface area contributed by atoms with Crippen LogP contribution in [0.15, 0.2) is 0 Å². The zero-order valence-electron chi connectivity index (χ0n) is 6.24. The Bertz CT molecular complexity index is 194. The molecule has 1 aliphatic heterocycles. The number of aliphatic carboxylic acids is 1. The summed E-state index contributed by atoms with van der Waals surface area (Å²) in [4.78, 5) is 10.4. The number of hydrogen-bond donors (Lipinski definition) is 2. The Balaban J connectivity index is 2.56. The van der Waals surface area contributed by atoms with Gasteiger partial charge in [0.1, 0.15) is 6.04 Å². The van der Waals surface area contributed by atoms with E-state index in [1.807, 2.05) is 6.92 Å². The van der Waals surface area contributed by atoms with E-state index in [-0.39, 0.29) is 11.8 Å². The summed E-state index contributed by atoms with van der Waals surface area (Å²) < 4.78 is 11.0. The van der Waals surface area contributed by atoms with Crippen LogP contribution < -0.4 is 5.32 Å². The van der Waals surface area contributed by atoms with E-state index in [9.17, 15) is 9.00 Å². The van der Waals surface area contributed by atoms with Crippen LogP contribution in [0.4, 0.5) is 0 Å². The predicted octanol–water partition coefficient (Wildman–Crippen LogP) is -0.820. The molecule has 0 spiro atoms. The Morgan fingerprint density at radius 1 is 1.64 bits per heavy atom. The molecule has 0 radical (unpaired) electrons. The monoisotopic (exact) mass is 177 g/mol. The molecule has 0 bridgehead atoms. The Morgan fingerprint density at radius 2 is 2.27 bits per heavy atom. The van der Waals surface area contributed by atoms with E-state index in [0.29, 0.717) is 5.75 Å². The standard InChI is InChI=1S/C6H11NO3S/c1-4-2-11(10)3-5(7-4)6(8)9/h4-5,7H,2-3H2,1H3,(H,8,9)/t4-,5+,11?/m0/s1. The van der Waals surface area contributed by atoms with Crippen LogP contribution in [0.5, 0.6) is 0 Å². The van der Waals surface area contributed by atoms with Crippen molar-refractivity contribution in [3.63, 3.8) is 0 Å². The zero-order chi connectivity index (χ0) is 8.43. The number of carbonyl (C=O) groups is 1. The van der Waals surface area contributed by atoms with Crippen molar-refractivity contribution >= 4 is 16.8 Å². The van der Waals surface area contributed by atoms with Gasteiger partial charge in [-0.15, -0.1) is 0 Å². The molecule has 64 valence electrons. The maximum Gasteiger partial charge on any atom is 0.321 e. The molecule has 5 heteroatoms. The van der Waals surface area contributed by atoms with Crippen LogP contribution in [0.3, 0.4) is 0 Å². The van der Waals surface area contributed by atoms with Gasteiger partial charge in [-0.25, -0.2) is 0 Å². The van der Waals surface area contributed by atoms with Gasteiger partial charge in [-0.3, -0.25) is 9.00 Å². The fourth-order valence-electron chi connectivity index (χ4n) is 1.12. The minimum Gasteiger partial charge on any atom is -0.480 e. The topological polar surface area (TPSA) is 66.4 Å². The molecule has 0 saturated carbocycles. The molecule has 0 amide bonds. The average Bonchev–Trinajstić information content (AvgIpc) is 1.85. The van der Waals surface area contributed by atoms with Gasteiger partial charge in [0.15, 0.2) is 0 Å². The second-order valence-electron chi connectivity index (χ2n) is 2.73. The zero-order valence-corrected chi connectivity index (χ0v) is 7.06. The van der Waals surface area contributed by atoms with E-state index in [0.717, 1.165) is 0 Å². The lowest BCUT2D eigenvalue weighted by Gasteiger charge is -2.24. The number of rotatable bonds is 1. The van der Waals surface area contributed by atoms with Crippen LogP contribution in [0.2, 0.25) is 0 Å². The van der Waals surface area contributed by atoms with Gasteiger partial charge >= 0.3 is 5.97 Å². The summed E-state index contributed by atoms with van der Waals surface area (Å²) in [5.74, 6) is -0.117. The highest BCUT2D eigenvalue weighted by Crippen LogP contribution is 2.02. The predicted molar refractivity (Wildman–Crippen MR) is 41.9 cm³/mol. The van der Waals surface area contributed by atoms with Crippen molar-refractivity contribution in [3.05, 3.63) is 0 Å². The third-order valence-corrected chi connectivity index (χ3v) is 3.15. The number of nitrogens with one attached hydrogen (secondary N) is 1. The molecule has 1 fully saturated rings. The molecule has 2 N–H and O–H groups in total. The van der Waals surface area contributed by atoms with Crippen LogP contribution in [-0.4, -0.2) is 38.9 Å². The van der Waals surface area contributed by atoms with Crippen LogP contribution >= 0.6 is 0 Å². The molecule has 1 rings (SSSR count). The van der Waals surface area contributed by atoms with Crippen LogP contribution in [0, 0.1) is 0 Å². The first-order valence-electron chi connectivity index (χ1n) is 3.43. The van der Waals surface area contributed by atoms with Gasteiger partial charge in [0.25, 0.3) is 0 Å². The summed E-state index contributed by atoms with van der Waals surface area (Å²) in [6.07, 6.45) is 0. The Kier molecular flexibility index (Phi) is 2.62. The fourth-order valence-corrected chi connectivity index (χ4v) is 2.52. The third kappa shape index (κ3) is 2.27. The Hall–Kier alpha value is -0.420. The Morgan fingerprint density at radius 3 is 2.73 bits per heavy atom. The lowest BCUT2D eigenvalue weighted by Crippen LogP contribution is -2.52. The van der Waals surface area contributed by atoms with E-state index in [2.05, 4.69) is 5.32 Å². The van der Waals surface area contributed by atoms with E-state index < -0.39 is 22.8 Å². The summed E-state index contributed by atoms with van der Waals surface area (Å²) in [6.45, 7) is 1.84. The average molecular weight is 177 g/mol. The number of hydrogen-bond acceptors (Lipinski definition) is 3. The first kappa shape index (κ1) is 8.67. The lowest BCUT2D eigenvalue weighted by atomic mass is 10.3. The van der Waals surface area contributed by atoms with E-state index >= 15 is 0 Å². The molecule has 0 aromatic rings. The second kappa shape index (κ2) is 3.32. The lowest BCUT2D eigenvalue weighted by molar-refractivity contribution is -0.139. The molecule has 1 saturated heterocycles. The largest absolute Gasteiger partial charge is 0.480 e. The molecular formula is C6H11NO3S. The van der Waals surface area contributed by atoms with Gasteiger partial charge in [0, 0.05) is 28.3 Å². The maximum atomic E-state index is 11.0. The van der Waals surface area contributed by atoms with E-state index in [4.69, 9.17) is 5.11 Å². The van der Waals surface area contributed by atoms with Gasteiger partial charge in [-0.05, 0) is 6.92 Å². The SMILES string of the molecule is C[C@H]1CS(=O)C[C@H](C(=O)O)N1. The van der Waals surface area contributed by atoms with Crippen molar-refractivity contribution in [1.82, 2.24) is 5.32 Å². The molecule has 1 heterocycles. The van der Waals surface area contributed by atoms with Gasteiger partial charge in [-0.2, -0.15) is 0 Å². The Labute approximate surface area is 67.4 Å². The minimum absolute atomic E-state index is 0.0469. The third-order valence-electron chi connectivity index (χ3n) is 1.57. The summed E-state index contributed by atoms with van der Waals surface area (Å²) >= 11 is 0. The van der Waals surface area contributed by atoms with Crippen molar-refractivity contribution < 1.29 is 14.1 Å². The van der Waals surface area contributed by atoms with Gasteiger partial charge < -0.3 is 10.4 Å². The number of carboxylic acids is 1. The highest BCUT2D eigenvalue weighted by Gasteiger charge is 2.27. The van der Waals surface area contributed by atoms with E-state index in [1.165, 1.54) is 0 Å². The van der Waals surface area contributed by atoms with Crippen molar-refractivity contribution in [3.8, 4) is 0 Å². The van der Waals surface area contributed by atoms with Crippen molar-refractivity contribution in [2.24, 2.45) is 0 Å². The highest BCUT2D eigenvalue weighted by molar-refractivity contribution is 7.85. The molecule has 4 nitrogen and oxygen atoms in total. The molecule has 0 aromatic carbocycles. The molecule has 1 unspecified atom stereocenters. The van der Waals surface area contributed by atoms with Crippen LogP contribution in [0.1, 0.15) is 6.92 Å². The first-order chi connectivity index (χ1) is 5.09. The van der Waals surface area contributed by atoms with E-state index in [1.54, 1.807) is 0 Å². The van der Waals surface area contributed by atoms with Crippen molar-refractivity contribution in [2.75, 3.05) is 11.5 Å².